The van der Waals surface area contributed by atoms with Crippen LogP contribution in [0.25, 0.3) is 0 Å². The molecule has 2 aliphatic rings. The topological polar surface area (TPSA) is 84.5 Å². The van der Waals surface area contributed by atoms with Crippen LogP contribution in [0.3, 0.4) is 0 Å². The number of carbonyl (C=O) groups is 1. The van der Waals surface area contributed by atoms with Crippen LogP contribution in [-0.4, -0.2) is 60.4 Å². The van der Waals surface area contributed by atoms with Gasteiger partial charge in [0.25, 0.3) is 0 Å². The van der Waals surface area contributed by atoms with Crippen molar-refractivity contribution >= 4 is 40.9 Å². The minimum absolute atomic E-state index is 0.170. The van der Waals surface area contributed by atoms with Crippen molar-refractivity contribution in [1.82, 2.24) is 5.32 Å². The lowest BCUT2D eigenvalue weighted by molar-refractivity contribution is -0.348. The molecule has 8 nitrogen and oxygen atoms in total. The quantitative estimate of drug-likeness (QED) is 0.331. The van der Waals surface area contributed by atoms with Crippen molar-refractivity contribution in [3.8, 4) is 0 Å². The molecule has 200 valence electrons. The maximum atomic E-state index is 12.7. The van der Waals surface area contributed by atoms with Gasteiger partial charge in [0, 0.05) is 5.56 Å². The van der Waals surface area contributed by atoms with Crippen molar-refractivity contribution in [1.29, 1.82) is 0 Å². The first-order chi connectivity index (χ1) is 17.8. The third-order valence-electron chi connectivity index (χ3n) is 5.73. The van der Waals surface area contributed by atoms with E-state index in [-0.39, 0.29) is 19.8 Å². The monoisotopic (exact) mass is 571 g/mol. The number of nitrogens with one attached hydrogen (secondary N) is 1. The van der Waals surface area contributed by atoms with Crippen molar-refractivity contribution in [3.05, 3.63) is 84.4 Å². The number of alkyl carbamates (subject to hydrolysis) is 1. The molecule has 2 heterocycles. The molecule has 0 spiro atoms. The van der Waals surface area contributed by atoms with Crippen LogP contribution in [0.1, 0.15) is 17.4 Å². The van der Waals surface area contributed by atoms with Gasteiger partial charge < -0.3 is 33.7 Å². The molecule has 2 fully saturated rings. The van der Waals surface area contributed by atoms with Crippen molar-refractivity contribution in [2.24, 2.45) is 0 Å². The maximum absolute atomic E-state index is 12.7. The zero-order valence-corrected chi connectivity index (χ0v) is 22.1. The number of amides is 1. The summed E-state index contributed by atoms with van der Waals surface area (Å²) in [5.74, 6) is 0. The number of rotatable bonds is 9. The molecule has 11 heteroatoms. The Kier molecular flexibility index (Phi) is 10.1. The zero-order valence-electron chi connectivity index (χ0n) is 19.8. The Hall–Kier alpha value is -1.88. The second-order valence-electron chi connectivity index (χ2n) is 8.46. The summed E-state index contributed by atoms with van der Waals surface area (Å²) in [6.45, 7) is 3.90. The molecule has 0 aliphatic carbocycles. The first kappa shape index (κ1) is 28.1. The van der Waals surface area contributed by atoms with E-state index in [0.29, 0.717) is 0 Å². The second kappa shape index (κ2) is 13.3. The van der Waals surface area contributed by atoms with Crippen LogP contribution in [0.4, 0.5) is 4.79 Å². The van der Waals surface area contributed by atoms with Crippen LogP contribution in [0.2, 0.25) is 0 Å². The van der Waals surface area contributed by atoms with Crippen LogP contribution in [0.5, 0.6) is 0 Å². The lowest BCUT2D eigenvalue weighted by Crippen LogP contribution is -2.67. The average molecular weight is 573 g/mol. The minimum Gasteiger partial charge on any atom is -0.445 e. The molecule has 6 atom stereocenters. The Labute approximate surface area is 230 Å². The van der Waals surface area contributed by atoms with Gasteiger partial charge >= 0.3 is 6.09 Å². The van der Waals surface area contributed by atoms with Gasteiger partial charge in [-0.05, 0) is 5.56 Å². The van der Waals surface area contributed by atoms with Crippen molar-refractivity contribution < 1.29 is 33.2 Å². The summed E-state index contributed by atoms with van der Waals surface area (Å²) >= 11 is 17.2. The molecule has 0 bridgehead atoms. The van der Waals surface area contributed by atoms with E-state index in [4.69, 9.17) is 63.2 Å². The SMILES string of the molecule is C=CCO[C@H]1OC2COC(c3ccccc3)O[C@H]2C(OCc2ccccc2)C1NC(=O)OCC(Cl)(Cl)Cl. The number of carbonyl (C=O) groups excluding carboxylic acids is 1. The molecule has 1 amide bonds. The molecule has 0 saturated carbocycles. The molecular formula is C26H28Cl3NO7. The number of fused-ring (bicyclic) bond motifs is 1. The molecular weight excluding hydrogens is 545 g/mol. The summed E-state index contributed by atoms with van der Waals surface area (Å²) in [7, 11) is 0. The molecule has 4 rings (SSSR count). The van der Waals surface area contributed by atoms with Gasteiger partial charge in [-0.2, -0.15) is 0 Å². The lowest BCUT2D eigenvalue weighted by Gasteiger charge is -2.49. The van der Waals surface area contributed by atoms with Crippen LogP contribution in [0.15, 0.2) is 73.3 Å². The van der Waals surface area contributed by atoms with Crippen LogP contribution < -0.4 is 5.32 Å². The highest BCUT2D eigenvalue weighted by molar-refractivity contribution is 6.67. The predicted molar refractivity (Wildman–Crippen MR) is 138 cm³/mol. The largest absolute Gasteiger partial charge is 0.445 e. The standard InChI is InChI=1S/C26H28Cl3NO7/c1-2-13-32-24-20(30-25(31)35-16-26(27,28)29)22(33-14-17-9-5-3-6-10-17)21-19(36-24)15-34-23(37-21)18-11-7-4-8-12-18/h2-12,19-24H,1,13-16H2,(H,30,31)/t19?,20?,21-,22?,23?,24+/m1/s1. The summed E-state index contributed by atoms with van der Waals surface area (Å²) in [4.78, 5) is 12.7. The fourth-order valence-corrected chi connectivity index (χ4v) is 4.26. The van der Waals surface area contributed by atoms with Crippen molar-refractivity contribution in [2.75, 3.05) is 19.8 Å². The van der Waals surface area contributed by atoms with E-state index in [2.05, 4.69) is 11.9 Å². The van der Waals surface area contributed by atoms with E-state index < -0.39 is 53.4 Å². The molecule has 37 heavy (non-hydrogen) atoms. The average Bonchev–Trinajstić information content (AvgIpc) is 2.90. The van der Waals surface area contributed by atoms with E-state index in [1.807, 2.05) is 60.7 Å². The first-order valence-electron chi connectivity index (χ1n) is 11.7. The van der Waals surface area contributed by atoms with Crippen molar-refractivity contribution in [2.45, 2.75) is 47.3 Å². The number of halogens is 3. The number of benzene rings is 2. The first-order valence-corrected chi connectivity index (χ1v) is 12.8. The number of ether oxygens (including phenoxy) is 6. The summed E-state index contributed by atoms with van der Waals surface area (Å²) in [6, 6.07) is 18.3. The Morgan fingerprint density at radius 3 is 2.43 bits per heavy atom. The lowest BCUT2D eigenvalue weighted by atomic mass is 9.95. The number of hydrogen-bond donors (Lipinski definition) is 1. The summed E-state index contributed by atoms with van der Waals surface area (Å²) in [5, 5.41) is 2.76. The normalized spacial score (nSPS) is 27.6. The van der Waals surface area contributed by atoms with Crippen LogP contribution >= 0.6 is 34.8 Å². The molecule has 0 radical (unpaired) electrons. The molecule has 2 saturated heterocycles. The molecule has 2 aromatic rings. The van der Waals surface area contributed by atoms with Gasteiger partial charge in [0.2, 0.25) is 3.79 Å². The zero-order chi connectivity index (χ0) is 26.3. The second-order valence-corrected chi connectivity index (χ2v) is 11.0. The summed E-state index contributed by atoms with van der Waals surface area (Å²) in [6.07, 6.45) is -2.64. The molecule has 1 N–H and O–H groups in total. The Morgan fingerprint density at radius 1 is 1.05 bits per heavy atom. The highest BCUT2D eigenvalue weighted by atomic mass is 35.6. The van der Waals surface area contributed by atoms with E-state index >= 15 is 0 Å². The van der Waals surface area contributed by atoms with Gasteiger partial charge in [-0.3, -0.25) is 0 Å². The van der Waals surface area contributed by atoms with Gasteiger partial charge in [0.05, 0.1) is 19.8 Å². The highest BCUT2D eigenvalue weighted by Gasteiger charge is 2.52. The fraction of sp³-hybridized carbons (Fsp3) is 0.423. The van der Waals surface area contributed by atoms with Gasteiger partial charge in [0.15, 0.2) is 12.6 Å². The molecule has 0 aromatic heterocycles. The highest BCUT2D eigenvalue weighted by Crippen LogP contribution is 2.36. The number of hydrogen-bond acceptors (Lipinski definition) is 7. The third kappa shape index (κ3) is 8.05. The van der Waals surface area contributed by atoms with E-state index in [0.717, 1.165) is 11.1 Å². The fourth-order valence-electron chi connectivity index (χ4n) is 4.10. The Bertz CT molecular complexity index is 1010. The summed E-state index contributed by atoms with van der Waals surface area (Å²) < 4.78 is 34.0. The van der Waals surface area contributed by atoms with Gasteiger partial charge in [-0.15, -0.1) is 6.58 Å². The van der Waals surface area contributed by atoms with Gasteiger partial charge in [-0.25, -0.2) is 4.79 Å². The Morgan fingerprint density at radius 2 is 1.76 bits per heavy atom. The third-order valence-corrected chi connectivity index (χ3v) is 6.05. The van der Waals surface area contributed by atoms with Crippen molar-refractivity contribution in [3.63, 3.8) is 0 Å². The van der Waals surface area contributed by atoms with Gasteiger partial charge in [0.1, 0.15) is 31.0 Å². The Balaban J connectivity index is 1.58. The maximum Gasteiger partial charge on any atom is 0.407 e. The number of alkyl halides is 3. The minimum atomic E-state index is -1.76. The van der Waals surface area contributed by atoms with E-state index in [1.54, 1.807) is 6.08 Å². The van der Waals surface area contributed by atoms with E-state index in [9.17, 15) is 4.79 Å². The molecule has 4 unspecified atom stereocenters. The van der Waals surface area contributed by atoms with Crippen LogP contribution in [-0.2, 0) is 35.0 Å². The van der Waals surface area contributed by atoms with Gasteiger partial charge in [-0.1, -0.05) is 102 Å². The summed E-state index contributed by atoms with van der Waals surface area (Å²) in [5.41, 5.74) is 1.79. The van der Waals surface area contributed by atoms with E-state index in [1.165, 1.54) is 0 Å². The van der Waals surface area contributed by atoms with Crippen LogP contribution in [0, 0.1) is 0 Å². The molecule has 2 aliphatic heterocycles. The molecule has 2 aromatic carbocycles. The predicted octanol–water partition coefficient (Wildman–Crippen LogP) is 5.08. The smallest absolute Gasteiger partial charge is 0.407 e.